The van der Waals surface area contributed by atoms with Crippen LogP contribution >= 0.6 is 0 Å². The van der Waals surface area contributed by atoms with Crippen molar-refractivity contribution in [3.8, 4) is 5.69 Å². The minimum absolute atomic E-state index is 0.148. The van der Waals surface area contributed by atoms with Gasteiger partial charge >= 0.3 is 0 Å². The summed E-state index contributed by atoms with van der Waals surface area (Å²) in [5.41, 5.74) is 0.703. The fourth-order valence-corrected chi connectivity index (χ4v) is 1.41. The Morgan fingerprint density at radius 2 is 1.81 bits per heavy atom. The summed E-state index contributed by atoms with van der Waals surface area (Å²) >= 11 is 0. The molecule has 0 amide bonds. The maximum absolute atomic E-state index is 11.5. The number of nitrogens with one attached hydrogen (secondary N) is 1. The third-order valence-corrected chi connectivity index (χ3v) is 2.21. The molecule has 0 radical (unpaired) electrons. The van der Waals surface area contributed by atoms with Gasteiger partial charge in [-0.15, -0.1) is 0 Å². The van der Waals surface area contributed by atoms with Crippen LogP contribution in [0.25, 0.3) is 5.69 Å². The predicted molar refractivity (Wildman–Crippen MR) is 57.8 cm³/mol. The van der Waals surface area contributed by atoms with E-state index < -0.39 is 5.23 Å². The Hall–Kier alpha value is -1.95. The third-order valence-electron chi connectivity index (χ3n) is 2.21. The van der Waals surface area contributed by atoms with Crippen molar-refractivity contribution < 1.29 is 10.4 Å². The Morgan fingerprint density at radius 1 is 1.12 bits per heavy atom. The molecule has 0 bridgehead atoms. The lowest BCUT2D eigenvalue weighted by Gasteiger charge is -2.12. The molecule has 1 atom stereocenters. The predicted octanol–water partition coefficient (Wildman–Crippen LogP) is 0.241. The number of nitrogens with zero attached hydrogens (tertiary/aromatic N) is 1. The van der Waals surface area contributed by atoms with Crippen LogP contribution in [0.5, 0.6) is 0 Å². The summed E-state index contributed by atoms with van der Waals surface area (Å²) in [6.07, 6.45) is 1.64. The Morgan fingerprint density at radius 3 is 2.38 bits per heavy atom. The maximum atomic E-state index is 11.5. The second-order valence-corrected chi connectivity index (χ2v) is 3.26. The molecule has 1 aromatic carbocycles. The molecule has 0 saturated carbocycles. The standard InChI is InChI=1S/C11H10N2O3/c14-11-3-1-2-8-12(11)9-4-6-10(7-5-9)13(15)16/h1-8,13,15H. The Kier molecular flexibility index (Phi) is 2.82. The average molecular weight is 218 g/mol. The van der Waals surface area contributed by atoms with Crippen LogP contribution in [0.15, 0.2) is 53.5 Å². The summed E-state index contributed by atoms with van der Waals surface area (Å²) in [5, 5.41) is 18.4. The van der Waals surface area contributed by atoms with Crippen molar-refractivity contribution in [2.45, 2.75) is 0 Å². The van der Waals surface area contributed by atoms with Gasteiger partial charge in [-0.2, -0.15) is 5.23 Å². The topological polar surface area (TPSA) is 69.7 Å². The van der Waals surface area contributed by atoms with Gasteiger partial charge in [0.2, 0.25) is 0 Å². The van der Waals surface area contributed by atoms with Crippen molar-refractivity contribution >= 4 is 5.69 Å². The third kappa shape index (κ3) is 2.01. The first-order valence-corrected chi connectivity index (χ1v) is 4.70. The molecular formula is C11H10N2O3. The lowest BCUT2D eigenvalue weighted by atomic mass is 10.3. The highest BCUT2D eigenvalue weighted by Gasteiger charge is 2.01. The molecule has 2 aromatic rings. The average Bonchev–Trinajstić information content (AvgIpc) is 2.30. The van der Waals surface area contributed by atoms with E-state index in [-0.39, 0.29) is 11.2 Å². The van der Waals surface area contributed by atoms with Gasteiger partial charge in [-0.05, 0) is 18.2 Å². The smallest absolute Gasteiger partial charge is 0.255 e. The van der Waals surface area contributed by atoms with E-state index in [0.717, 1.165) is 0 Å². The zero-order valence-electron chi connectivity index (χ0n) is 8.33. The largest absolute Gasteiger partial charge is 0.595 e. The molecule has 5 heteroatoms. The normalized spacial score (nSPS) is 12.4. The van der Waals surface area contributed by atoms with Gasteiger partial charge in [0, 0.05) is 30.1 Å². The monoisotopic (exact) mass is 218 g/mol. The lowest BCUT2D eigenvalue weighted by Crippen LogP contribution is -2.99. The van der Waals surface area contributed by atoms with Crippen molar-refractivity contribution in [1.29, 1.82) is 0 Å². The Bertz CT molecular complexity index is 531. The second kappa shape index (κ2) is 4.28. The molecule has 0 aliphatic rings. The summed E-state index contributed by atoms with van der Waals surface area (Å²) in [4.78, 5) is 11.5. The number of hydrogen-bond acceptors (Lipinski definition) is 3. The van der Waals surface area contributed by atoms with Gasteiger partial charge in [0.05, 0.1) is 0 Å². The molecule has 2 rings (SSSR count). The van der Waals surface area contributed by atoms with Gasteiger partial charge in [-0.3, -0.25) is 9.36 Å². The summed E-state index contributed by atoms with van der Waals surface area (Å²) in [7, 11) is 0. The van der Waals surface area contributed by atoms with E-state index in [1.54, 1.807) is 30.5 Å². The van der Waals surface area contributed by atoms with Gasteiger partial charge in [-0.25, -0.2) is 5.21 Å². The molecule has 0 fully saturated rings. The molecule has 1 heterocycles. The minimum Gasteiger partial charge on any atom is -0.595 e. The molecular weight excluding hydrogens is 208 g/mol. The molecule has 1 unspecified atom stereocenters. The molecule has 0 spiro atoms. The SMILES string of the molecule is O=c1ccccn1-c1ccc([NH+]([O-])O)cc1. The van der Waals surface area contributed by atoms with Crippen molar-refractivity contribution in [3.63, 3.8) is 0 Å². The summed E-state index contributed by atoms with van der Waals surface area (Å²) in [6.45, 7) is 0. The lowest BCUT2D eigenvalue weighted by molar-refractivity contribution is -0.991. The van der Waals surface area contributed by atoms with Crippen molar-refractivity contribution in [2.24, 2.45) is 0 Å². The molecule has 2 N–H and O–H groups in total. The number of rotatable bonds is 2. The molecule has 0 aliphatic heterocycles. The molecule has 5 nitrogen and oxygen atoms in total. The number of aromatic nitrogens is 1. The van der Waals surface area contributed by atoms with E-state index in [9.17, 15) is 10.0 Å². The van der Waals surface area contributed by atoms with E-state index in [4.69, 9.17) is 5.21 Å². The zero-order valence-corrected chi connectivity index (χ0v) is 8.33. The van der Waals surface area contributed by atoms with Crippen LogP contribution in [0.3, 0.4) is 0 Å². The first-order valence-electron chi connectivity index (χ1n) is 4.70. The molecule has 0 saturated heterocycles. The number of quaternary nitrogens is 1. The van der Waals surface area contributed by atoms with Crippen LogP contribution in [0.4, 0.5) is 5.69 Å². The van der Waals surface area contributed by atoms with E-state index in [1.807, 2.05) is 0 Å². The Labute approximate surface area is 91.3 Å². The Balaban J connectivity index is 2.43. The van der Waals surface area contributed by atoms with Crippen LogP contribution in [0, 0.1) is 5.21 Å². The second-order valence-electron chi connectivity index (χ2n) is 3.26. The summed E-state index contributed by atoms with van der Waals surface area (Å²) in [5.74, 6) is 0. The zero-order chi connectivity index (χ0) is 11.5. The van der Waals surface area contributed by atoms with Gasteiger partial charge in [0.25, 0.3) is 5.56 Å². The van der Waals surface area contributed by atoms with Crippen LogP contribution in [-0.2, 0) is 0 Å². The summed E-state index contributed by atoms with van der Waals surface area (Å²) < 4.78 is 1.45. The van der Waals surface area contributed by atoms with Crippen molar-refractivity contribution in [2.75, 3.05) is 0 Å². The quantitative estimate of drug-likeness (QED) is 0.709. The van der Waals surface area contributed by atoms with Crippen LogP contribution in [-0.4, -0.2) is 9.77 Å². The molecule has 82 valence electrons. The highest BCUT2D eigenvalue weighted by molar-refractivity contribution is 5.40. The van der Waals surface area contributed by atoms with Gasteiger partial charge in [0.1, 0.15) is 0 Å². The van der Waals surface area contributed by atoms with E-state index in [0.29, 0.717) is 5.69 Å². The molecule has 16 heavy (non-hydrogen) atoms. The molecule has 1 aromatic heterocycles. The van der Waals surface area contributed by atoms with E-state index >= 15 is 0 Å². The highest BCUT2D eigenvalue weighted by atomic mass is 16.8. The minimum atomic E-state index is -0.980. The maximum Gasteiger partial charge on any atom is 0.255 e. The number of hydrogen-bond donors (Lipinski definition) is 2. The number of benzene rings is 1. The summed E-state index contributed by atoms with van der Waals surface area (Å²) in [6, 6.07) is 11.0. The van der Waals surface area contributed by atoms with Crippen LogP contribution in [0.1, 0.15) is 0 Å². The van der Waals surface area contributed by atoms with Crippen molar-refractivity contribution in [3.05, 3.63) is 64.2 Å². The van der Waals surface area contributed by atoms with Crippen LogP contribution in [0.2, 0.25) is 0 Å². The first-order chi connectivity index (χ1) is 7.68. The van der Waals surface area contributed by atoms with E-state index in [1.165, 1.54) is 22.8 Å². The van der Waals surface area contributed by atoms with Gasteiger partial charge in [0.15, 0.2) is 5.69 Å². The fourth-order valence-electron chi connectivity index (χ4n) is 1.41. The molecule has 0 aliphatic carbocycles. The van der Waals surface area contributed by atoms with Gasteiger partial charge in [-0.1, -0.05) is 6.07 Å². The van der Waals surface area contributed by atoms with Crippen LogP contribution < -0.4 is 10.8 Å². The van der Waals surface area contributed by atoms with Gasteiger partial charge < -0.3 is 5.21 Å². The number of pyridine rings is 1. The first kappa shape index (κ1) is 10.6. The van der Waals surface area contributed by atoms with E-state index in [2.05, 4.69) is 0 Å². The highest BCUT2D eigenvalue weighted by Crippen LogP contribution is 2.08. The van der Waals surface area contributed by atoms with Crippen molar-refractivity contribution in [1.82, 2.24) is 4.57 Å². The fraction of sp³-hybridized carbons (Fsp3) is 0.